The Kier molecular flexibility index (Phi) is 4.50. The summed E-state index contributed by atoms with van der Waals surface area (Å²) < 4.78 is 1.39. The topological polar surface area (TPSA) is 0 Å². The molecule has 0 unspecified atom stereocenters. The first-order chi connectivity index (χ1) is 6.09. The van der Waals surface area contributed by atoms with E-state index in [-0.39, 0.29) is 0 Å². The smallest absolute Gasteiger partial charge is 0.0535 e. The maximum atomic E-state index is 2.40. The van der Waals surface area contributed by atoms with Crippen LogP contribution < -0.4 is 0 Å². The minimum absolute atomic E-state index is 0.526. The van der Waals surface area contributed by atoms with Gasteiger partial charge in [-0.25, -0.2) is 0 Å². The number of hydrogen-bond donors (Lipinski definition) is 0. The second-order valence-corrected chi connectivity index (χ2v) is 7.84. The van der Waals surface area contributed by atoms with Gasteiger partial charge in [0.2, 0.25) is 0 Å². The van der Waals surface area contributed by atoms with Crippen LogP contribution in [0, 0.1) is 5.92 Å². The van der Waals surface area contributed by atoms with Crippen LogP contribution in [-0.4, -0.2) is 15.1 Å². The summed E-state index contributed by atoms with van der Waals surface area (Å²) in [6, 6.07) is 0. The Morgan fingerprint density at radius 2 is 1.92 bits per heavy atom. The standard InChI is InChI=1S/C11H22S2/c1-5-9(6-2)10-12-8-7-11(3,4)13-10/h9-10H,5-8H2,1-4H3/t10-/m0/s1. The maximum Gasteiger partial charge on any atom is 0.0535 e. The van der Waals surface area contributed by atoms with Crippen molar-refractivity contribution in [2.75, 3.05) is 5.75 Å². The minimum Gasteiger partial charge on any atom is -0.147 e. The average Bonchev–Trinajstić information content (AvgIpc) is 2.05. The quantitative estimate of drug-likeness (QED) is 0.689. The molecule has 1 aliphatic heterocycles. The van der Waals surface area contributed by atoms with E-state index in [1.165, 1.54) is 25.0 Å². The van der Waals surface area contributed by atoms with Crippen LogP contribution in [0.4, 0.5) is 0 Å². The first-order valence-corrected chi connectivity index (χ1v) is 7.31. The largest absolute Gasteiger partial charge is 0.147 e. The van der Waals surface area contributed by atoms with Crippen LogP contribution in [-0.2, 0) is 0 Å². The molecule has 0 aromatic heterocycles. The lowest BCUT2D eigenvalue weighted by Gasteiger charge is -2.37. The average molecular weight is 218 g/mol. The van der Waals surface area contributed by atoms with Crippen molar-refractivity contribution in [1.82, 2.24) is 0 Å². The lowest BCUT2D eigenvalue weighted by Crippen LogP contribution is -2.28. The SMILES string of the molecule is CCC(CC)[C@H]1SCCC(C)(C)S1. The predicted molar refractivity (Wildman–Crippen MR) is 66.6 cm³/mol. The summed E-state index contributed by atoms with van der Waals surface area (Å²) in [7, 11) is 0. The van der Waals surface area contributed by atoms with E-state index in [1.807, 2.05) is 0 Å². The van der Waals surface area contributed by atoms with E-state index in [0.29, 0.717) is 4.75 Å². The van der Waals surface area contributed by atoms with Crippen molar-refractivity contribution in [3.63, 3.8) is 0 Å². The van der Waals surface area contributed by atoms with Crippen LogP contribution in [0.25, 0.3) is 0 Å². The molecular weight excluding hydrogens is 196 g/mol. The van der Waals surface area contributed by atoms with Gasteiger partial charge in [0.15, 0.2) is 0 Å². The molecule has 0 nitrogen and oxygen atoms in total. The van der Waals surface area contributed by atoms with Gasteiger partial charge in [0.05, 0.1) is 4.58 Å². The molecular formula is C11H22S2. The zero-order valence-corrected chi connectivity index (χ0v) is 10.9. The summed E-state index contributed by atoms with van der Waals surface area (Å²) in [5, 5.41) is 0. The molecule has 1 aliphatic rings. The van der Waals surface area contributed by atoms with Crippen LogP contribution >= 0.6 is 23.5 Å². The number of hydrogen-bond acceptors (Lipinski definition) is 2. The molecule has 1 fully saturated rings. The van der Waals surface area contributed by atoms with Crippen molar-refractivity contribution in [2.24, 2.45) is 5.92 Å². The molecule has 2 heteroatoms. The second-order valence-electron chi connectivity index (χ2n) is 4.44. The van der Waals surface area contributed by atoms with Crippen molar-refractivity contribution in [1.29, 1.82) is 0 Å². The molecule has 78 valence electrons. The Labute approximate surface area is 91.6 Å². The van der Waals surface area contributed by atoms with Crippen LogP contribution in [0.2, 0.25) is 0 Å². The van der Waals surface area contributed by atoms with E-state index in [4.69, 9.17) is 0 Å². The molecule has 0 N–H and O–H groups in total. The highest BCUT2D eigenvalue weighted by Gasteiger charge is 2.32. The molecule has 0 aromatic carbocycles. The molecule has 0 spiro atoms. The Morgan fingerprint density at radius 3 is 2.38 bits per heavy atom. The molecule has 1 saturated heterocycles. The summed E-state index contributed by atoms with van der Waals surface area (Å²) in [6.07, 6.45) is 4.06. The minimum atomic E-state index is 0.526. The van der Waals surface area contributed by atoms with Gasteiger partial charge >= 0.3 is 0 Å². The van der Waals surface area contributed by atoms with Crippen molar-refractivity contribution >= 4 is 23.5 Å². The van der Waals surface area contributed by atoms with Crippen LogP contribution in [0.5, 0.6) is 0 Å². The van der Waals surface area contributed by atoms with Gasteiger partial charge in [0, 0.05) is 4.75 Å². The Morgan fingerprint density at radius 1 is 1.31 bits per heavy atom. The van der Waals surface area contributed by atoms with Crippen LogP contribution in [0.3, 0.4) is 0 Å². The highest BCUT2D eigenvalue weighted by atomic mass is 32.2. The van der Waals surface area contributed by atoms with Gasteiger partial charge in [-0.2, -0.15) is 0 Å². The molecule has 0 bridgehead atoms. The molecule has 1 rings (SSSR count). The van der Waals surface area contributed by atoms with Crippen molar-refractivity contribution < 1.29 is 0 Å². The summed E-state index contributed by atoms with van der Waals surface area (Å²) in [6.45, 7) is 9.45. The van der Waals surface area contributed by atoms with Gasteiger partial charge < -0.3 is 0 Å². The van der Waals surface area contributed by atoms with Crippen molar-refractivity contribution in [3.8, 4) is 0 Å². The molecule has 0 amide bonds. The predicted octanol–water partition coefficient (Wildman–Crippen LogP) is 4.40. The summed E-state index contributed by atoms with van der Waals surface area (Å²) >= 11 is 4.39. The van der Waals surface area contributed by atoms with Crippen LogP contribution in [0.1, 0.15) is 47.0 Å². The van der Waals surface area contributed by atoms with Gasteiger partial charge in [-0.1, -0.05) is 40.5 Å². The second kappa shape index (κ2) is 4.97. The number of thioether (sulfide) groups is 2. The monoisotopic (exact) mass is 218 g/mol. The molecule has 0 saturated carbocycles. The summed E-state index contributed by atoms with van der Waals surface area (Å²) in [5.41, 5.74) is 0. The highest BCUT2D eigenvalue weighted by Crippen LogP contribution is 2.47. The highest BCUT2D eigenvalue weighted by molar-refractivity contribution is 8.18. The Hall–Kier alpha value is 0.700. The van der Waals surface area contributed by atoms with E-state index >= 15 is 0 Å². The lowest BCUT2D eigenvalue weighted by molar-refractivity contribution is 0.526. The fraction of sp³-hybridized carbons (Fsp3) is 1.00. The molecule has 0 aliphatic carbocycles. The van der Waals surface area contributed by atoms with Crippen molar-refractivity contribution in [2.45, 2.75) is 56.3 Å². The Balaban J connectivity index is 2.50. The molecule has 1 atom stereocenters. The third-order valence-corrected chi connectivity index (χ3v) is 6.16. The fourth-order valence-corrected chi connectivity index (χ4v) is 6.15. The first-order valence-electron chi connectivity index (χ1n) is 5.38. The zero-order valence-electron chi connectivity index (χ0n) is 9.30. The van der Waals surface area contributed by atoms with E-state index in [2.05, 4.69) is 51.2 Å². The fourth-order valence-electron chi connectivity index (χ4n) is 1.73. The molecule has 1 heterocycles. The third kappa shape index (κ3) is 3.39. The number of rotatable bonds is 3. The molecule has 0 radical (unpaired) electrons. The molecule has 13 heavy (non-hydrogen) atoms. The van der Waals surface area contributed by atoms with Gasteiger partial charge in [0.1, 0.15) is 0 Å². The lowest BCUT2D eigenvalue weighted by atomic mass is 10.1. The van der Waals surface area contributed by atoms with Gasteiger partial charge in [0.25, 0.3) is 0 Å². The Bertz CT molecular complexity index is 150. The van der Waals surface area contributed by atoms with E-state index in [9.17, 15) is 0 Å². The zero-order chi connectivity index (χ0) is 9.90. The normalized spacial score (nSPS) is 27.9. The summed E-state index contributed by atoms with van der Waals surface area (Å²) in [5.74, 6) is 2.29. The first kappa shape index (κ1) is 11.8. The molecule has 0 aromatic rings. The van der Waals surface area contributed by atoms with E-state index in [0.717, 1.165) is 10.5 Å². The van der Waals surface area contributed by atoms with Crippen LogP contribution in [0.15, 0.2) is 0 Å². The van der Waals surface area contributed by atoms with Gasteiger partial charge in [-0.3, -0.25) is 0 Å². The van der Waals surface area contributed by atoms with Gasteiger partial charge in [-0.15, -0.1) is 23.5 Å². The van der Waals surface area contributed by atoms with E-state index < -0.39 is 0 Å². The van der Waals surface area contributed by atoms with Crippen molar-refractivity contribution in [3.05, 3.63) is 0 Å². The van der Waals surface area contributed by atoms with E-state index in [1.54, 1.807) is 0 Å². The third-order valence-electron chi connectivity index (χ3n) is 2.86. The maximum absolute atomic E-state index is 2.40. The summed E-state index contributed by atoms with van der Waals surface area (Å²) in [4.78, 5) is 0. The van der Waals surface area contributed by atoms with Gasteiger partial charge in [-0.05, 0) is 18.1 Å².